The molecule has 3 saturated heterocycles. The molecule has 3 rings (SSSR count). The Balaban J connectivity index is 1.53. The topological polar surface area (TPSA) is 307 Å². The number of amides is 1. The van der Waals surface area contributed by atoms with E-state index in [-0.39, 0.29) is 18.9 Å². The molecule has 0 aromatic rings. The highest BCUT2D eigenvalue weighted by atomic mass is 16.8. The van der Waals surface area contributed by atoms with E-state index in [1.165, 1.54) is 0 Å². The van der Waals surface area contributed by atoms with Crippen molar-refractivity contribution in [2.45, 2.75) is 208 Å². The fourth-order valence-electron chi connectivity index (χ4n) is 7.94. The van der Waals surface area contributed by atoms with Crippen LogP contribution in [0.25, 0.3) is 0 Å². The summed E-state index contributed by atoms with van der Waals surface area (Å²) < 4.78 is 34.0. The standard InChI is InChI=1S/C52H85NO18/c1-3-5-7-9-11-12-13-14-15-16-17-18-19-20-21-22-24-26-28-30-40(58)53-35(36(57)29-27-25-23-10-8-6-4-2)34-66-50-46(64)43(61)48(38(32-55)68-50)71-52-47(65)44(62)49(39(33-56)69-52)70-51-45(63)42(60)41(59)37(31-54)67-51/h5,7-8,10-12,14-15,17-18,20-21,27,29,35-39,41-52,54-57,59-65H,3-4,6,9,13,16,19,22-26,28,30-34H2,1-2H3,(H,53,58)/b7-5-,10-8+,12-11-,15-14-,18-17-,21-20-,29-27+. The molecule has 3 aliphatic rings. The summed E-state index contributed by atoms with van der Waals surface area (Å²) in [5.41, 5.74) is 0. The van der Waals surface area contributed by atoms with Crippen LogP contribution in [0.5, 0.6) is 0 Å². The molecule has 0 radical (unpaired) electrons. The van der Waals surface area contributed by atoms with Gasteiger partial charge in [0.15, 0.2) is 18.9 Å². The Kier molecular flexibility index (Phi) is 31.6. The third-order valence-electron chi connectivity index (χ3n) is 12.2. The van der Waals surface area contributed by atoms with Crippen LogP contribution in [0.2, 0.25) is 0 Å². The summed E-state index contributed by atoms with van der Waals surface area (Å²) in [6, 6.07) is -1.01. The van der Waals surface area contributed by atoms with Crippen molar-refractivity contribution in [3.63, 3.8) is 0 Å². The molecular formula is C52H85NO18. The smallest absolute Gasteiger partial charge is 0.220 e. The molecule has 406 valence electrons. The minimum atomic E-state index is -1.99. The lowest BCUT2D eigenvalue weighted by molar-refractivity contribution is -0.379. The van der Waals surface area contributed by atoms with E-state index in [1.807, 2.05) is 0 Å². The molecule has 0 bridgehead atoms. The zero-order valence-electron chi connectivity index (χ0n) is 41.4. The minimum absolute atomic E-state index is 0.190. The van der Waals surface area contributed by atoms with E-state index in [0.29, 0.717) is 12.8 Å². The molecule has 1 amide bonds. The van der Waals surface area contributed by atoms with Crippen LogP contribution < -0.4 is 5.32 Å². The predicted molar refractivity (Wildman–Crippen MR) is 263 cm³/mol. The molecule has 0 saturated carbocycles. The number of hydrogen-bond acceptors (Lipinski definition) is 18. The molecule has 0 aromatic heterocycles. The van der Waals surface area contributed by atoms with E-state index >= 15 is 0 Å². The van der Waals surface area contributed by atoms with Gasteiger partial charge in [-0.15, -0.1) is 0 Å². The molecule has 3 fully saturated rings. The number of unbranched alkanes of at least 4 members (excludes halogenated alkanes) is 5. The molecule has 0 spiro atoms. The maximum absolute atomic E-state index is 13.2. The van der Waals surface area contributed by atoms with Crippen molar-refractivity contribution < 1.29 is 89.4 Å². The van der Waals surface area contributed by atoms with Crippen LogP contribution in [-0.4, -0.2) is 193 Å². The number of aliphatic hydroxyl groups is 11. The largest absolute Gasteiger partial charge is 0.394 e. The first-order chi connectivity index (χ1) is 34.3. The molecule has 19 nitrogen and oxygen atoms in total. The van der Waals surface area contributed by atoms with Gasteiger partial charge in [0, 0.05) is 6.42 Å². The summed E-state index contributed by atoms with van der Waals surface area (Å²) in [5, 5.41) is 119. The third kappa shape index (κ3) is 21.8. The van der Waals surface area contributed by atoms with Gasteiger partial charge in [0.25, 0.3) is 0 Å². The monoisotopic (exact) mass is 1010 g/mol. The summed E-state index contributed by atoms with van der Waals surface area (Å²) in [4.78, 5) is 13.2. The molecule has 0 aliphatic carbocycles. The predicted octanol–water partition coefficient (Wildman–Crippen LogP) is 1.69. The van der Waals surface area contributed by atoms with Crippen molar-refractivity contribution in [3.05, 3.63) is 85.1 Å². The van der Waals surface area contributed by atoms with Crippen molar-refractivity contribution >= 4 is 5.91 Å². The first-order valence-electron chi connectivity index (χ1n) is 25.3. The van der Waals surface area contributed by atoms with E-state index in [4.69, 9.17) is 28.4 Å². The Morgan fingerprint density at radius 2 is 0.986 bits per heavy atom. The third-order valence-corrected chi connectivity index (χ3v) is 12.2. The second kappa shape index (κ2) is 36.0. The van der Waals surface area contributed by atoms with Gasteiger partial charge in [-0.25, -0.2) is 0 Å². The maximum atomic E-state index is 13.2. The van der Waals surface area contributed by atoms with Crippen LogP contribution in [0.4, 0.5) is 0 Å². The highest BCUT2D eigenvalue weighted by molar-refractivity contribution is 5.76. The minimum Gasteiger partial charge on any atom is -0.394 e. The lowest BCUT2D eigenvalue weighted by Crippen LogP contribution is -2.66. The summed E-state index contributed by atoms with van der Waals surface area (Å²) in [7, 11) is 0. The summed E-state index contributed by atoms with van der Waals surface area (Å²) in [6.07, 6.45) is 13.5. The number of aliphatic hydroxyl groups excluding tert-OH is 11. The van der Waals surface area contributed by atoms with Crippen molar-refractivity contribution in [3.8, 4) is 0 Å². The van der Waals surface area contributed by atoms with E-state index in [9.17, 15) is 61.0 Å². The van der Waals surface area contributed by atoms with Gasteiger partial charge in [0.05, 0.1) is 38.6 Å². The van der Waals surface area contributed by atoms with E-state index in [0.717, 1.165) is 70.6 Å². The zero-order chi connectivity index (χ0) is 52.0. The summed E-state index contributed by atoms with van der Waals surface area (Å²) in [5.74, 6) is -0.328. The molecule has 0 aromatic carbocycles. The molecule has 3 heterocycles. The Morgan fingerprint density at radius 3 is 1.54 bits per heavy atom. The van der Waals surface area contributed by atoms with Crippen molar-refractivity contribution in [1.82, 2.24) is 5.32 Å². The fraction of sp³-hybridized carbons (Fsp3) is 0.712. The number of allylic oxidation sites excluding steroid dienone is 13. The molecule has 17 unspecified atom stereocenters. The number of hydrogen-bond donors (Lipinski definition) is 12. The molecular weight excluding hydrogens is 927 g/mol. The lowest BCUT2D eigenvalue weighted by atomic mass is 9.96. The van der Waals surface area contributed by atoms with Crippen LogP contribution in [-0.2, 0) is 33.2 Å². The van der Waals surface area contributed by atoms with E-state index < -0.39 is 124 Å². The first-order valence-corrected chi connectivity index (χ1v) is 25.3. The van der Waals surface area contributed by atoms with Crippen molar-refractivity contribution in [2.75, 3.05) is 26.4 Å². The van der Waals surface area contributed by atoms with Gasteiger partial charge in [-0.3, -0.25) is 4.79 Å². The second-order valence-electron chi connectivity index (χ2n) is 17.9. The van der Waals surface area contributed by atoms with Crippen LogP contribution in [0.1, 0.15) is 104 Å². The Labute approximate surface area is 419 Å². The highest BCUT2D eigenvalue weighted by Gasteiger charge is 2.53. The Hall–Kier alpha value is -3.03. The summed E-state index contributed by atoms with van der Waals surface area (Å²) in [6.45, 7) is 1.38. The van der Waals surface area contributed by atoms with Gasteiger partial charge < -0.3 is 89.9 Å². The molecule has 3 aliphatic heterocycles. The average molecular weight is 1010 g/mol. The summed E-state index contributed by atoms with van der Waals surface area (Å²) >= 11 is 0. The normalized spacial score (nSPS) is 33.0. The van der Waals surface area contributed by atoms with Gasteiger partial charge in [0.1, 0.15) is 73.2 Å². The van der Waals surface area contributed by atoms with Gasteiger partial charge >= 0.3 is 0 Å². The fourth-order valence-corrected chi connectivity index (χ4v) is 7.94. The SMILES string of the molecule is CC/C=C\C/C=C\C/C=C\C/C=C\C/C=C\CCCCCC(=O)NC(COC1OC(CO)C(OC2OC(CO)C(OC3OC(CO)C(O)C(O)C3O)C(O)C2O)C(O)C1O)C(O)/C=C/CC/C=C/CCC. The number of carbonyl (C=O) groups excluding carboxylic acids is 1. The molecule has 19 heteroatoms. The van der Waals surface area contributed by atoms with Crippen LogP contribution in [0, 0.1) is 0 Å². The number of nitrogens with one attached hydrogen (secondary N) is 1. The second-order valence-corrected chi connectivity index (χ2v) is 17.9. The van der Waals surface area contributed by atoms with Gasteiger partial charge in [0.2, 0.25) is 5.91 Å². The zero-order valence-corrected chi connectivity index (χ0v) is 41.4. The van der Waals surface area contributed by atoms with Crippen LogP contribution >= 0.6 is 0 Å². The number of carbonyl (C=O) groups is 1. The Bertz CT molecular complexity index is 1630. The van der Waals surface area contributed by atoms with Gasteiger partial charge in [-0.1, -0.05) is 112 Å². The van der Waals surface area contributed by atoms with Crippen molar-refractivity contribution in [1.29, 1.82) is 0 Å². The lowest BCUT2D eigenvalue weighted by Gasteiger charge is -2.48. The molecule has 12 N–H and O–H groups in total. The van der Waals surface area contributed by atoms with E-state index in [1.54, 1.807) is 12.2 Å². The maximum Gasteiger partial charge on any atom is 0.220 e. The quantitative estimate of drug-likeness (QED) is 0.0329. The van der Waals surface area contributed by atoms with E-state index in [2.05, 4.69) is 92.1 Å². The average Bonchev–Trinajstić information content (AvgIpc) is 3.36. The first kappa shape index (κ1) is 62.3. The molecule has 17 atom stereocenters. The highest BCUT2D eigenvalue weighted by Crippen LogP contribution is 2.33. The number of ether oxygens (including phenoxy) is 6. The van der Waals surface area contributed by atoms with Crippen molar-refractivity contribution in [2.24, 2.45) is 0 Å². The van der Waals surface area contributed by atoms with Gasteiger partial charge in [-0.05, 0) is 70.6 Å². The Morgan fingerprint density at radius 1 is 0.521 bits per heavy atom. The van der Waals surface area contributed by atoms with Crippen LogP contribution in [0.15, 0.2) is 85.1 Å². The molecule has 71 heavy (non-hydrogen) atoms. The van der Waals surface area contributed by atoms with Gasteiger partial charge in [-0.2, -0.15) is 0 Å². The number of rotatable bonds is 33. The van der Waals surface area contributed by atoms with Crippen LogP contribution in [0.3, 0.4) is 0 Å².